The number of hydrogen-bond acceptors (Lipinski definition) is 3. The number of aromatic amines is 1. The molecule has 1 unspecified atom stereocenters. The number of aryl methyl sites for hydroxylation is 1. The van der Waals surface area contributed by atoms with E-state index in [0.717, 1.165) is 33.3 Å². The number of rotatable bonds is 4. The van der Waals surface area contributed by atoms with Gasteiger partial charge in [0.15, 0.2) is 0 Å². The molecule has 2 heterocycles. The molecule has 7 heteroatoms. The first-order chi connectivity index (χ1) is 15.4. The van der Waals surface area contributed by atoms with Gasteiger partial charge in [-0.15, -0.1) is 0 Å². The van der Waals surface area contributed by atoms with Crippen LogP contribution in [-0.2, 0) is 16.4 Å². The van der Waals surface area contributed by atoms with Gasteiger partial charge in [0.25, 0.3) is 0 Å². The summed E-state index contributed by atoms with van der Waals surface area (Å²) in [5.41, 5.74) is 5.02. The van der Waals surface area contributed by atoms with Crippen LogP contribution >= 0.6 is 11.6 Å². The zero-order valence-electron chi connectivity index (χ0n) is 17.8. The quantitative estimate of drug-likeness (QED) is 0.433. The molecule has 0 saturated heterocycles. The number of hydrogen-bond donors (Lipinski definition) is 1. The van der Waals surface area contributed by atoms with Crippen molar-refractivity contribution < 1.29 is 13.2 Å². The van der Waals surface area contributed by atoms with Crippen LogP contribution in [0.2, 0.25) is 5.02 Å². The average Bonchev–Trinajstić information content (AvgIpc) is 3.17. The van der Waals surface area contributed by atoms with Crippen molar-refractivity contribution >= 4 is 32.5 Å². The van der Waals surface area contributed by atoms with Crippen LogP contribution in [0.4, 0.5) is 0 Å². The van der Waals surface area contributed by atoms with Crippen molar-refractivity contribution in [2.24, 2.45) is 0 Å². The van der Waals surface area contributed by atoms with Gasteiger partial charge in [-0.25, -0.2) is 8.42 Å². The molecule has 1 N–H and O–H groups in total. The van der Waals surface area contributed by atoms with E-state index in [0.29, 0.717) is 23.7 Å². The SMILES string of the molecule is COc1ccc(S(=O)(=O)N2CCc3c([nH]c4ccc(Cl)cc34)C2c2ccc(C)cc2)cc1. The predicted octanol–water partition coefficient (Wildman–Crippen LogP) is 5.47. The lowest BCUT2D eigenvalue weighted by atomic mass is 9.94. The van der Waals surface area contributed by atoms with Gasteiger partial charge in [0.05, 0.1) is 18.0 Å². The maximum atomic E-state index is 13.8. The molecular weight excluding hydrogens is 444 g/mol. The Balaban J connectivity index is 1.68. The Labute approximate surface area is 192 Å². The monoisotopic (exact) mass is 466 g/mol. The number of benzene rings is 3. The lowest BCUT2D eigenvalue weighted by Gasteiger charge is -2.35. The van der Waals surface area contributed by atoms with E-state index in [2.05, 4.69) is 4.98 Å². The number of fused-ring (bicyclic) bond motifs is 3. The summed E-state index contributed by atoms with van der Waals surface area (Å²) in [6, 6.07) is 19.9. The largest absolute Gasteiger partial charge is 0.497 e. The normalized spacial score (nSPS) is 16.8. The molecule has 1 aliphatic rings. The molecule has 4 aromatic rings. The van der Waals surface area contributed by atoms with Gasteiger partial charge in [-0.2, -0.15) is 4.31 Å². The Hall–Kier alpha value is -2.80. The molecule has 1 aromatic heterocycles. The first-order valence-corrected chi connectivity index (χ1v) is 12.2. The number of methoxy groups -OCH3 is 1. The fourth-order valence-corrected chi connectivity index (χ4v) is 6.22. The van der Waals surface area contributed by atoms with E-state index in [1.54, 1.807) is 35.7 Å². The summed E-state index contributed by atoms with van der Waals surface area (Å²) in [5, 5.41) is 1.71. The molecule has 0 radical (unpaired) electrons. The first kappa shape index (κ1) is 21.1. The zero-order chi connectivity index (χ0) is 22.5. The molecule has 1 atom stereocenters. The average molecular weight is 467 g/mol. The second kappa shape index (κ2) is 7.96. The van der Waals surface area contributed by atoms with Gasteiger partial charge >= 0.3 is 0 Å². The third-order valence-corrected chi connectivity index (χ3v) is 8.22. The number of H-pyrrole nitrogens is 1. The van der Waals surface area contributed by atoms with Crippen LogP contribution < -0.4 is 4.74 Å². The molecule has 32 heavy (non-hydrogen) atoms. The molecule has 5 nitrogen and oxygen atoms in total. The van der Waals surface area contributed by atoms with Gasteiger partial charge in [-0.3, -0.25) is 0 Å². The van der Waals surface area contributed by atoms with Crippen LogP contribution in [0.1, 0.15) is 28.4 Å². The third-order valence-electron chi connectivity index (χ3n) is 6.10. The summed E-state index contributed by atoms with van der Waals surface area (Å²) in [6.07, 6.45) is 0.605. The highest BCUT2D eigenvalue weighted by molar-refractivity contribution is 7.89. The lowest BCUT2D eigenvalue weighted by molar-refractivity contribution is 0.340. The van der Waals surface area contributed by atoms with Gasteiger partial charge in [-0.05, 0) is 66.9 Å². The van der Waals surface area contributed by atoms with Gasteiger partial charge in [0.2, 0.25) is 10.0 Å². The number of halogens is 1. The van der Waals surface area contributed by atoms with Crippen LogP contribution in [0, 0.1) is 6.92 Å². The van der Waals surface area contributed by atoms with Crippen LogP contribution in [0.5, 0.6) is 5.75 Å². The summed E-state index contributed by atoms with van der Waals surface area (Å²) >= 11 is 6.26. The molecule has 5 rings (SSSR count). The summed E-state index contributed by atoms with van der Waals surface area (Å²) in [4.78, 5) is 3.74. The van der Waals surface area contributed by atoms with Crippen LogP contribution in [0.25, 0.3) is 10.9 Å². The minimum absolute atomic E-state index is 0.248. The van der Waals surface area contributed by atoms with Crippen molar-refractivity contribution in [1.29, 1.82) is 0 Å². The predicted molar refractivity (Wildman–Crippen MR) is 127 cm³/mol. The van der Waals surface area contributed by atoms with Gasteiger partial charge in [-0.1, -0.05) is 41.4 Å². The highest BCUT2D eigenvalue weighted by Gasteiger charge is 2.39. The molecule has 0 bridgehead atoms. The Morgan fingerprint density at radius 1 is 1.03 bits per heavy atom. The maximum Gasteiger partial charge on any atom is 0.244 e. The standard InChI is InChI=1S/C25H23ClN2O3S/c1-16-3-5-17(6-4-16)25-24-21(22-15-18(26)7-12-23(22)27-24)13-14-28(25)32(29,30)20-10-8-19(31-2)9-11-20/h3-12,15,25,27H,13-14H2,1-2H3. The number of aromatic nitrogens is 1. The van der Waals surface area contributed by atoms with Crippen molar-refractivity contribution in [2.75, 3.05) is 13.7 Å². The maximum absolute atomic E-state index is 13.8. The lowest BCUT2D eigenvalue weighted by Crippen LogP contribution is -2.40. The molecule has 1 aliphatic heterocycles. The minimum atomic E-state index is -3.75. The van der Waals surface area contributed by atoms with E-state index in [1.807, 2.05) is 49.4 Å². The number of nitrogens with one attached hydrogen (secondary N) is 1. The molecule has 0 spiro atoms. The van der Waals surface area contributed by atoms with Gasteiger partial charge in [0.1, 0.15) is 5.75 Å². The van der Waals surface area contributed by atoms with Crippen molar-refractivity contribution in [3.8, 4) is 5.75 Å². The smallest absolute Gasteiger partial charge is 0.244 e. The Bertz CT molecular complexity index is 1390. The van der Waals surface area contributed by atoms with E-state index in [1.165, 1.54) is 0 Å². The highest BCUT2D eigenvalue weighted by Crippen LogP contribution is 2.41. The van der Waals surface area contributed by atoms with E-state index in [-0.39, 0.29) is 4.90 Å². The first-order valence-electron chi connectivity index (χ1n) is 10.4. The van der Waals surface area contributed by atoms with Crippen LogP contribution in [-0.4, -0.2) is 31.4 Å². The molecule has 0 saturated carbocycles. The molecule has 0 aliphatic carbocycles. The van der Waals surface area contributed by atoms with E-state index >= 15 is 0 Å². The summed E-state index contributed by atoms with van der Waals surface area (Å²) in [5.74, 6) is 0.618. The summed E-state index contributed by atoms with van der Waals surface area (Å²) < 4.78 is 34.3. The van der Waals surface area contributed by atoms with Crippen molar-refractivity contribution in [3.05, 3.63) is 94.1 Å². The van der Waals surface area contributed by atoms with Gasteiger partial charge < -0.3 is 9.72 Å². The molecule has 0 amide bonds. The second-order valence-corrected chi connectivity index (χ2v) is 10.4. The molecular formula is C25H23ClN2O3S. The number of nitrogens with zero attached hydrogens (tertiary/aromatic N) is 1. The fraction of sp³-hybridized carbons (Fsp3) is 0.200. The van der Waals surface area contributed by atoms with Crippen molar-refractivity contribution in [2.45, 2.75) is 24.3 Å². The van der Waals surface area contributed by atoms with Gasteiger partial charge in [0, 0.05) is 28.2 Å². The second-order valence-electron chi connectivity index (χ2n) is 8.06. The summed E-state index contributed by atoms with van der Waals surface area (Å²) in [7, 11) is -2.19. The molecule has 164 valence electrons. The van der Waals surface area contributed by atoms with E-state index in [4.69, 9.17) is 16.3 Å². The zero-order valence-corrected chi connectivity index (χ0v) is 19.4. The van der Waals surface area contributed by atoms with Crippen molar-refractivity contribution in [3.63, 3.8) is 0 Å². The number of sulfonamides is 1. The molecule has 3 aromatic carbocycles. The van der Waals surface area contributed by atoms with E-state index in [9.17, 15) is 8.42 Å². The third kappa shape index (κ3) is 3.48. The topological polar surface area (TPSA) is 62.4 Å². The van der Waals surface area contributed by atoms with Crippen molar-refractivity contribution in [1.82, 2.24) is 9.29 Å². The van der Waals surface area contributed by atoms with Crippen LogP contribution in [0.15, 0.2) is 71.6 Å². The number of ether oxygens (including phenoxy) is 1. The minimum Gasteiger partial charge on any atom is -0.497 e. The summed E-state index contributed by atoms with van der Waals surface area (Å²) in [6.45, 7) is 2.40. The Kier molecular flexibility index (Phi) is 5.24. The Morgan fingerprint density at radius 3 is 2.44 bits per heavy atom. The van der Waals surface area contributed by atoms with E-state index < -0.39 is 16.1 Å². The van der Waals surface area contributed by atoms with Crippen LogP contribution in [0.3, 0.4) is 0 Å². The fourth-order valence-electron chi connectivity index (χ4n) is 4.46. The Morgan fingerprint density at radius 2 is 1.75 bits per heavy atom. The highest BCUT2D eigenvalue weighted by atomic mass is 35.5. The molecule has 0 fully saturated rings.